The van der Waals surface area contributed by atoms with Crippen LogP contribution >= 0.6 is 11.3 Å². The molecule has 9 heteroatoms. The van der Waals surface area contributed by atoms with Gasteiger partial charge in [-0.1, -0.05) is 12.1 Å². The van der Waals surface area contributed by atoms with Gasteiger partial charge in [0.25, 0.3) is 0 Å². The molecule has 4 heterocycles. The molecule has 1 saturated heterocycles. The second-order valence-electron chi connectivity index (χ2n) is 7.45. The van der Waals surface area contributed by atoms with E-state index in [2.05, 4.69) is 20.5 Å². The summed E-state index contributed by atoms with van der Waals surface area (Å²) < 4.78 is 8.74. The highest BCUT2D eigenvalue weighted by Gasteiger charge is 2.21. The number of thiophene rings is 1. The van der Waals surface area contributed by atoms with Gasteiger partial charge in [-0.3, -0.25) is 0 Å². The quantitative estimate of drug-likeness (QED) is 0.369. The van der Waals surface area contributed by atoms with Crippen molar-refractivity contribution in [3.63, 3.8) is 0 Å². The maximum absolute atomic E-state index is 7.83. The number of benzene rings is 1. The van der Waals surface area contributed by atoms with Crippen molar-refractivity contribution < 1.29 is 4.74 Å². The molecule has 0 atom stereocenters. The molecule has 0 unspecified atom stereocenters. The number of imidazole rings is 1. The lowest BCUT2D eigenvalue weighted by atomic mass is 10.1. The van der Waals surface area contributed by atoms with Gasteiger partial charge in [0, 0.05) is 53.4 Å². The number of hydrogen-bond acceptors (Lipinski definition) is 8. The third-order valence-electron chi connectivity index (χ3n) is 5.49. The first-order valence-corrected chi connectivity index (χ1v) is 11.0. The number of morpholine rings is 1. The highest BCUT2D eigenvalue weighted by molar-refractivity contribution is 7.19. The lowest BCUT2D eigenvalue weighted by Crippen LogP contribution is -2.36. The highest BCUT2D eigenvalue weighted by atomic mass is 32.1. The van der Waals surface area contributed by atoms with Crippen LogP contribution in [0.3, 0.4) is 0 Å². The van der Waals surface area contributed by atoms with E-state index in [1.165, 1.54) is 11.1 Å². The first-order valence-electron chi connectivity index (χ1n) is 10.1. The summed E-state index contributed by atoms with van der Waals surface area (Å²) in [7, 11) is 0. The third kappa shape index (κ3) is 3.66. The molecule has 3 aromatic heterocycles. The fourth-order valence-corrected chi connectivity index (χ4v) is 4.94. The van der Waals surface area contributed by atoms with E-state index in [-0.39, 0.29) is 0 Å². The molecule has 0 bridgehead atoms. The fraction of sp³-hybridized carbons (Fsp3) is 0.273. The number of anilines is 2. The molecular weight excluding hydrogens is 410 g/mol. The molecule has 158 valence electrons. The van der Waals surface area contributed by atoms with Crippen molar-refractivity contribution in [2.75, 3.05) is 36.9 Å². The summed E-state index contributed by atoms with van der Waals surface area (Å²) in [5, 5.41) is 7.83. The maximum atomic E-state index is 7.83. The molecule has 0 spiro atoms. The molecule has 1 aliphatic rings. The summed E-state index contributed by atoms with van der Waals surface area (Å²) in [4.78, 5) is 17.6. The van der Waals surface area contributed by atoms with Crippen molar-refractivity contribution in [3.8, 4) is 11.4 Å². The number of aromatic nitrogens is 4. The van der Waals surface area contributed by atoms with Crippen LogP contribution in [0.2, 0.25) is 0 Å². The Hall–Kier alpha value is -3.30. The summed E-state index contributed by atoms with van der Waals surface area (Å²) in [6.45, 7) is 5.67. The maximum Gasteiger partial charge on any atom is 0.162 e. The van der Waals surface area contributed by atoms with Gasteiger partial charge in [0.05, 0.1) is 30.0 Å². The van der Waals surface area contributed by atoms with Crippen molar-refractivity contribution >= 4 is 39.3 Å². The molecule has 0 amide bonds. The molecule has 5 rings (SSSR count). The zero-order valence-corrected chi connectivity index (χ0v) is 18.0. The molecule has 1 aliphatic heterocycles. The first-order chi connectivity index (χ1) is 15.1. The Kier molecular flexibility index (Phi) is 5.13. The number of aryl methyl sites for hydroxylation is 1. The number of nitrogens with zero attached hydrogens (tertiary/aromatic N) is 5. The molecule has 0 saturated carbocycles. The van der Waals surface area contributed by atoms with Gasteiger partial charge < -0.3 is 25.3 Å². The van der Waals surface area contributed by atoms with Crippen LogP contribution in [0.15, 0.2) is 36.7 Å². The van der Waals surface area contributed by atoms with E-state index in [0.717, 1.165) is 47.1 Å². The van der Waals surface area contributed by atoms with Crippen LogP contribution in [0, 0.1) is 12.3 Å². The van der Waals surface area contributed by atoms with Gasteiger partial charge in [-0.05, 0) is 19.1 Å². The normalized spacial score (nSPS) is 14.3. The standard InChI is InChI=1S/C22H23N7OS/c1-14-25-5-6-29(14)13-15-11-19-20(31-15)22(28-7-9-30-10-8-28)27-21(26-19)16-3-2-4-18(24)17(16)12-23/h2-6,11-12,23H,7-10,13,24H2,1H3. The Bertz CT molecular complexity index is 1260. The lowest BCUT2D eigenvalue weighted by Gasteiger charge is -2.28. The number of hydrogen-bond donors (Lipinski definition) is 2. The number of rotatable bonds is 5. The van der Waals surface area contributed by atoms with Gasteiger partial charge in [0.2, 0.25) is 0 Å². The van der Waals surface area contributed by atoms with Crippen LogP contribution in [-0.2, 0) is 11.3 Å². The SMILES string of the molecule is Cc1nccn1Cc1cc2nc(-c3cccc(N)c3C=N)nc(N3CCOCC3)c2s1. The Morgan fingerprint density at radius 3 is 2.84 bits per heavy atom. The number of nitrogen functional groups attached to an aromatic ring is 1. The highest BCUT2D eigenvalue weighted by Crippen LogP contribution is 2.36. The van der Waals surface area contributed by atoms with E-state index in [9.17, 15) is 0 Å². The molecule has 31 heavy (non-hydrogen) atoms. The third-order valence-corrected chi connectivity index (χ3v) is 6.60. The molecule has 4 aromatic rings. The second-order valence-corrected chi connectivity index (χ2v) is 8.59. The predicted molar refractivity (Wildman–Crippen MR) is 124 cm³/mol. The molecule has 0 radical (unpaired) electrons. The zero-order valence-electron chi connectivity index (χ0n) is 17.2. The molecular formula is C22H23N7OS. The summed E-state index contributed by atoms with van der Waals surface area (Å²) in [6, 6.07) is 7.72. The summed E-state index contributed by atoms with van der Waals surface area (Å²) >= 11 is 1.72. The van der Waals surface area contributed by atoms with Crippen LogP contribution in [-0.4, -0.2) is 52.0 Å². The fourth-order valence-electron chi connectivity index (χ4n) is 3.83. The average Bonchev–Trinajstić information content (AvgIpc) is 3.39. The monoisotopic (exact) mass is 433 g/mol. The van der Waals surface area contributed by atoms with Crippen molar-refractivity contribution in [3.05, 3.63) is 52.9 Å². The average molecular weight is 434 g/mol. The van der Waals surface area contributed by atoms with E-state index < -0.39 is 0 Å². The van der Waals surface area contributed by atoms with Crippen LogP contribution in [0.5, 0.6) is 0 Å². The minimum Gasteiger partial charge on any atom is -0.398 e. The van der Waals surface area contributed by atoms with Crippen molar-refractivity contribution in [2.24, 2.45) is 0 Å². The molecule has 8 nitrogen and oxygen atoms in total. The van der Waals surface area contributed by atoms with Crippen LogP contribution in [0.25, 0.3) is 21.6 Å². The smallest absolute Gasteiger partial charge is 0.162 e. The van der Waals surface area contributed by atoms with Gasteiger partial charge >= 0.3 is 0 Å². The summed E-state index contributed by atoms with van der Waals surface area (Å²) in [6.07, 6.45) is 5.08. The second kappa shape index (κ2) is 8.09. The minimum absolute atomic E-state index is 0.547. The topological polar surface area (TPSA) is 106 Å². The van der Waals surface area contributed by atoms with Crippen LogP contribution in [0.4, 0.5) is 11.5 Å². The van der Waals surface area contributed by atoms with Gasteiger partial charge in [-0.2, -0.15) is 0 Å². The Morgan fingerprint density at radius 1 is 1.26 bits per heavy atom. The number of nitrogens with two attached hydrogens (primary N) is 1. The molecule has 3 N–H and O–H groups in total. The van der Waals surface area contributed by atoms with Crippen molar-refractivity contribution in [1.29, 1.82) is 5.41 Å². The Labute approximate surface area is 183 Å². The van der Waals surface area contributed by atoms with Gasteiger partial charge in [0.15, 0.2) is 11.6 Å². The van der Waals surface area contributed by atoms with E-state index in [1.54, 1.807) is 17.4 Å². The Morgan fingerprint density at radius 2 is 2.10 bits per heavy atom. The van der Waals surface area contributed by atoms with E-state index in [0.29, 0.717) is 30.3 Å². The van der Waals surface area contributed by atoms with E-state index in [4.69, 9.17) is 25.8 Å². The van der Waals surface area contributed by atoms with E-state index >= 15 is 0 Å². The first kappa shape index (κ1) is 19.7. The van der Waals surface area contributed by atoms with E-state index in [1.807, 2.05) is 31.5 Å². The largest absolute Gasteiger partial charge is 0.398 e. The number of fused-ring (bicyclic) bond motifs is 1. The lowest BCUT2D eigenvalue weighted by molar-refractivity contribution is 0.122. The predicted octanol–water partition coefficient (Wildman–Crippen LogP) is 3.33. The number of nitrogens with one attached hydrogen (secondary N) is 1. The summed E-state index contributed by atoms with van der Waals surface area (Å²) in [5.74, 6) is 2.48. The van der Waals surface area contributed by atoms with Crippen molar-refractivity contribution in [2.45, 2.75) is 13.5 Å². The van der Waals surface area contributed by atoms with Gasteiger partial charge in [0.1, 0.15) is 5.82 Å². The molecule has 1 fully saturated rings. The van der Waals surface area contributed by atoms with Crippen molar-refractivity contribution in [1.82, 2.24) is 19.5 Å². The van der Waals surface area contributed by atoms with Crippen LogP contribution < -0.4 is 10.6 Å². The van der Waals surface area contributed by atoms with Gasteiger partial charge in [-0.15, -0.1) is 11.3 Å². The van der Waals surface area contributed by atoms with Crippen LogP contribution in [0.1, 0.15) is 16.3 Å². The van der Waals surface area contributed by atoms with Gasteiger partial charge in [-0.25, -0.2) is 15.0 Å². The molecule has 0 aliphatic carbocycles. The number of ether oxygens (including phenoxy) is 1. The summed E-state index contributed by atoms with van der Waals surface area (Å²) in [5.41, 5.74) is 8.97. The minimum atomic E-state index is 0.547. The zero-order chi connectivity index (χ0) is 21.4. The Balaban J connectivity index is 1.66. The molecule has 1 aromatic carbocycles.